The molecular formula is C23H34N4O4. The van der Waals surface area contributed by atoms with E-state index in [0.29, 0.717) is 25.2 Å². The second-order valence-electron chi connectivity index (χ2n) is 8.37. The average molecular weight is 431 g/mol. The summed E-state index contributed by atoms with van der Waals surface area (Å²) in [5.41, 5.74) is 0. The Morgan fingerprint density at radius 1 is 1.00 bits per heavy atom. The molecule has 8 heteroatoms. The van der Waals surface area contributed by atoms with Gasteiger partial charge in [0.2, 0.25) is 11.8 Å². The van der Waals surface area contributed by atoms with E-state index in [4.69, 9.17) is 0 Å². The summed E-state index contributed by atoms with van der Waals surface area (Å²) in [6.07, 6.45) is 6.38. The van der Waals surface area contributed by atoms with Crippen LogP contribution < -0.4 is 4.90 Å². The van der Waals surface area contributed by atoms with Gasteiger partial charge < -0.3 is 19.4 Å². The topological polar surface area (TPSA) is 83.0 Å². The summed E-state index contributed by atoms with van der Waals surface area (Å²) in [6, 6.07) is 5.89. The van der Waals surface area contributed by atoms with Crippen molar-refractivity contribution in [2.24, 2.45) is 5.92 Å². The molecule has 170 valence electrons. The Hall–Kier alpha value is -2.64. The van der Waals surface area contributed by atoms with Crippen molar-refractivity contribution in [1.29, 1.82) is 0 Å². The SMILES string of the molecule is COC(=O)CCCC(=O)N1CCCC(CCC(=O)N2CCN(c3ccccn3)CC2)C1. The number of carbonyl (C=O) groups is 3. The van der Waals surface area contributed by atoms with E-state index in [1.807, 2.05) is 28.0 Å². The Kier molecular flexibility index (Phi) is 8.67. The molecule has 1 aromatic rings. The molecule has 2 saturated heterocycles. The van der Waals surface area contributed by atoms with Gasteiger partial charge in [-0.15, -0.1) is 0 Å². The molecule has 0 radical (unpaired) electrons. The average Bonchev–Trinajstić information content (AvgIpc) is 2.83. The Morgan fingerprint density at radius 2 is 1.77 bits per heavy atom. The Morgan fingerprint density at radius 3 is 2.48 bits per heavy atom. The molecule has 0 bridgehead atoms. The molecule has 2 aliphatic rings. The van der Waals surface area contributed by atoms with Gasteiger partial charge in [-0.05, 0) is 43.7 Å². The highest BCUT2D eigenvalue weighted by atomic mass is 16.5. The molecule has 2 amide bonds. The van der Waals surface area contributed by atoms with E-state index >= 15 is 0 Å². The lowest BCUT2D eigenvalue weighted by Crippen LogP contribution is -2.49. The first kappa shape index (κ1) is 23.0. The number of aromatic nitrogens is 1. The van der Waals surface area contributed by atoms with Crippen LogP contribution in [-0.4, -0.2) is 78.9 Å². The minimum Gasteiger partial charge on any atom is -0.469 e. The van der Waals surface area contributed by atoms with Crippen LogP contribution in [0.4, 0.5) is 5.82 Å². The molecule has 0 aliphatic carbocycles. The molecule has 31 heavy (non-hydrogen) atoms. The van der Waals surface area contributed by atoms with Crippen molar-refractivity contribution in [3.8, 4) is 0 Å². The van der Waals surface area contributed by atoms with Crippen molar-refractivity contribution in [3.05, 3.63) is 24.4 Å². The number of methoxy groups -OCH3 is 1. The number of rotatable bonds is 8. The van der Waals surface area contributed by atoms with Gasteiger partial charge in [0.1, 0.15) is 5.82 Å². The summed E-state index contributed by atoms with van der Waals surface area (Å²) in [5.74, 6) is 1.38. The first-order valence-corrected chi connectivity index (χ1v) is 11.3. The van der Waals surface area contributed by atoms with Crippen LogP contribution in [0.2, 0.25) is 0 Å². The molecule has 0 N–H and O–H groups in total. The lowest BCUT2D eigenvalue weighted by Gasteiger charge is -2.36. The van der Waals surface area contributed by atoms with Crippen LogP contribution in [0.5, 0.6) is 0 Å². The van der Waals surface area contributed by atoms with Crippen LogP contribution in [0.25, 0.3) is 0 Å². The number of esters is 1. The predicted molar refractivity (Wildman–Crippen MR) is 117 cm³/mol. The largest absolute Gasteiger partial charge is 0.469 e. The third kappa shape index (κ3) is 6.94. The fourth-order valence-electron chi connectivity index (χ4n) is 4.38. The maximum absolute atomic E-state index is 12.7. The summed E-state index contributed by atoms with van der Waals surface area (Å²) < 4.78 is 4.62. The number of likely N-dealkylation sites (tertiary alicyclic amines) is 1. The maximum atomic E-state index is 12.7. The second-order valence-corrected chi connectivity index (χ2v) is 8.37. The molecular weight excluding hydrogens is 396 g/mol. The van der Waals surface area contributed by atoms with Crippen molar-refractivity contribution in [1.82, 2.24) is 14.8 Å². The van der Waals surface area contributed by atoms with Crippen LogP contribution in [0.15, 0.2) is 24.4 Å². The van der Waals surface area contributed by atoms with Gasteiger partial charge in [-0.3, -0.25) is 14.4 Å². The third-order valence-corrected chi connectivity index (χ3v) is 6.24. The summed E-state index contributed by atoms with van der Waals surface area (Å²) in [7, 11) is 1.36. The lowest BCUT2D eigenvalue weighted by atomic mass is 9.92. The van der Waals surface area contributed by atoms with E-state index in [2.05, 4.69) is 14.6 Å². The number of carbonyl (C=O) groups excluding carboxylic acids is 3. The molecule has 1 unspecified atom stereocenters. The maximum Gasteiger partial charge on any atom is 0.305 e. The van der Waals surface area contributed by atoms with E-state index in [-0.39, 0.29) is 24.2 Å². The molecule has 2 aliphatic heterocycles. The molecule has 2 fully saturated rings. The fraction of sp³-hybridized carbons (Fsp3) is 0.652. The fourth-order valence-corrected chi connectivity index (χ4v) is 4.38. The third-order valence-electron chi connectivity index (χ3n) is 6.24. The van der Waals surface area contributed by atoms with Crippen LogP contribution >= 0.6 is 0 Å². The number of pyridine rings is 1. The normalized spacial score (nSPS) is 19.3. The van der Waals surface area contributed by atoms with Gasteiger partial charge in [-0.2, -0.15) is 0 Å². The zero-order chi connectivity index (χ0) is 22.1. The monoisotopic (exact) mass is 430 g/mol. The van der Waals surface area contributed by atoms with Crippen molar-refractivity contribution < 1.29 is 19.1 Å². The molecule has 0 saturated carbocycles. The number of nitrogens with zero attached hydrogens (tertiary/aromatic N) is 4. The summed E-state index contributed by atoms with van der Waals surface area (Å²) in [6.45, 7) is 4.56. The molecule has 0 aromatic carbocycles. The van der Waals surface area contributed by atoms with E-state index < -0.39 is 0 Å². The molecule has 1 aromatic heterocycles. The Bertz CT molecular complexity index is 734. The molecule has 0 spiro atoms. The Balaban J connectivity index is 1.36. The number of hydrogen-bond acceptors (Lipinski definition) is 6. The van der Waals surface area contributed by atoms with Crippen LogP contribution in [0.1, 0.15) is 44.9 Å². The van der Waals surface area contributed by atoms with Crippen LogP contribution in [-0.2, 0) is 19.1 Å². The van der Waals surface area contributed by atoms with Crippen LogP contribution in [0, 0.1) is 5.92 Å². The smallest absolute Gasteiger partial charge is 0.305 e. The zero-order valence-corrected chi connectivity index (χ0v) is 18.5. The highest BCUT2D eigenvalue weighted by Gasteiger charge is 2.26. The van der Waals surface area contributed by atoms with Crippen LogP contribution in [0.3, 0.4) is 0 Å². The first-order chi connectivity index (χ1) is 15.1. The number of hydrogen-bond donors (Lipinski definition) is 0. The molecule has 8 nitrogen and oxygen atoms in total. The second kappa shape index (κ2) is 11.7. The van der Waals surface area contributed by atoms with Gasteiger partial charge in [0, 0.05) is 64.7 Å². The number of anilines is 1. The standard InChI is InChI=1S/C23H34N4O4/c1-31-23(30)9-4-8-21(28)27-13-5-6-19(18-27)10-11-22(29)26-16-14-25(15-17-26)20-7-2-3-12-24-20/h2-3,7,12,19H,4-6,8-11,13-18H2,1H3. The van der Waals surface area contributed by atoms with Gasteiger partial charge in [-0.1, -0.05) is 6.07 Å². The number of ether oxygens (including phenoxy) is 1. The molecule has 3 rings (SSSR count). The van der Waals surface area contributed by atoms with Gasteiger partial charge >= 0.3 is 5.97 Å². The highest BCUT2D eigenvalue weighted by molar-refractivity contribution is 5.77. The molecule has 1 atom stereocenters. The predicted octanol–water partition coefficient (Wildman–Crippen LogP) is 2.09. The highest BCUT2D eigenvalue weighted by Crippen LogP contribution is 2.23. The quantitative estimate of drug-likeness (QED) is 0.588. The minimum atomic E-state index is -0.274. The number of amides is 2. The number of piperazine rings is 1. The van der Waals surface area contributed by atoms with Gasteiger partial charge in [-0.25, -0.2) is 4.98 Å². The summed E-state index contributed by atoms with van der Waals surface area (Å²) >= 11 is 0. The summed E-state index contributed by atoms with van der Waals surface area (Å²) in [5, 5.41) is 0. The van der Waals surface area contributed by atoms with Crippen molar-refractivity contribution in [2.75, 3.05) is 51.3 Å². The minimum absolute atomic E-state index is 0.102. The van der Waals surface area contributed by atoms with E-state index in [1.54, 1.807) is 6.20 Å². The van der Waals surface area contributed by atoms with Gasteiger partial charge in [0.05, 0.1) is 7.11 Å². The molecule has 3 heterocycles. The van der Waals surface area contributed by atoms with Gasteiger partial charge in [0.15, 0.2) is 0 Å². The van der Waals surface area contributed by atoms with Crippen molar-refractivity contribution in [2.45, 2.75) is 44.9 Å². The Labute approximate surface area is 184 Å². The van der Waals surface area contributed by atoms with Gasteiger partial charge in [0.25, 0.3) is 0 Å². The van der Waals surface area contributed by atoms with E-state index in [9.17, 15) is 14.4 Å². The first-order valence-electron chi connectivity index (χ1n) is 11.3. The number of piperidine rings is 1. The summed E-state index contributed by atoms with van der Waals surface area (Å²) in [4.78, 5) is 46.8. The van der Waals surface area contributed by atoms with E-state index in [0.717, 1.165) is 64.3 Å². The van der Waals surface area contributed by atoms with Crippen molar-refractivity contribution in [3.63, 3.8) is 0 Å². The lowest BCUT2D eigenvalue weighted by molar-refractivity contribution is -0.141. The zero-order valence-electron chi connectivity index (χ0n) is 18.5. The van der Waals surface area contributed by atoms with Crippen molar-refractivity contribution >= 4 is 23.6 Å². The van der Waals surface area contributed by atoms with E-state index in [1.165, 1.54) is 7.11 Å².